The highest BCUT2D eigenvalue weighted by atomic mass is 32.1. The molecule has 0 atom stereocenters. The number of nitrogens with zero attached hydrogens (tertiary/aromatic N) is 1. The Morgan fingerprint density at radius 2 is 2.00 bits per heavy atom. The summed E-state index contributed by atoms with van der Waals surface area (Å²) >= 11 is 1.56. The molecule has 3 nitrogen and oxygen atoms in total. The van der Waals surface area contributed by atoms with Gasteiger partial charge in [0.1, 0.15) is 5.76 Å². The molecule has 0 aliphatic carbocycles. The van der Waals surface area contributed by atoms with Crippen molar-refractivity contribution in [2.75, 3.05) is 0 Å². The number of rotatable bonds is 4. The van der Waals surface area contributed by atoms with E-state index in [1.165, 1.54) is 0 Å². The minimum atomic E-state index is 0.0366. The van der Waals surface area contributed by atoms with Crippen molar-refractivity contribution in [1.29, 1.82) is 0 Å². The zero-order chi connectivity index (χ0) is 13.1. The molecule has 0 saturated carbocycles. The Morgan fingerprint density at radius 3 is 2.74 bits per heavy atom. The van der Waals surface area contributed by atoms with Gasteiger partial charge >= 0.3 is 0 Å². The number of carbonyl (C=O) groups is 1. The molecule has 0 bridgehead atoms. The van der Waals surface area contributed by atoms with Gasteiger partial charge in [-0.3, -0.25) is 4.79 Å². The topological polar surface area (TPSA) is 43.1 Å². The van der Waals surface area contributed by atoms with Crippen LogP contribution >= 0.6 is 11.3 Å². The third kappa shape index (κ3) is 2.63. The molecule has 0 aliphatic heterocycles. The Labute approximate surface area is 114 Å². The van der Waals surface area contributed by atoms with Crippen molar-refractivity contribution in [2.45, 2.75) is 6.42 Å². The smallest absolute Gasteiger partial charge is 0.236 e. The van der Waals surface area contributed by atoms with Gasteiger partial charge in [-0.05, 0) is 11.4 Å². The van der Waals surface area contributed by atoms with E-state index < -0.39 is 0 Å². The molecule has 0 amide bonds. The van der Waals surface area contributed by atoms with E-state index in [0.29, 0.717) is 17.2 Å². The van der Waals surface area contributed by atoms with Crippen LogP contribution in [0.1, 0.15) is 16.1 Å². The van der Waals surface area contributed by atoms with Crippen molar-refractivity contribution in [3.8, 4) is 10.8 Å². The molecule has 0 spiro atoms. The Hall–Kier alpha value is -2.20. The SMILES string of the molecule is O=C(Cc1cnc(-c2cccs2)o1)c1ccccc1. The number of ketones is 1. The van der Waals surface area contributed by atoms with E-state index in [1.807, 2.05) is 35.7 Å². The lowest BCUT2D eigenvalue weighted by molar-refractivity contribution is 0.0987. The summed E-state index contributed by atoms with van der Waals surface area (Å²) in [5.74, 6) is 1.21. The summed E-state index contributed by atoms with van der Waals surface area (Å²) < 4.78 is 5.60. The van der Waals surface area contributed by atoms with Crippen molar-refractivity contribution >= 4 is 17.1 Å². The number of Topliss-reactive ketones (excluding diaryl/α,β-unsaturated/α-hetero) is 1. The second kappa shape index (κ2) is 5.20. The van der Waals surface area contributed by atoms with Gasteiger partial charge in [-0.25, -0.2) is 4.98 Å². The van der Waals surface area contributed by atoms with E-state index in [4.69, 9.17) is 4.42 Å². The van der Waals surface area contributed by atoms with Gasteiger partial charge in [-0.2, -0.15) is 0 Å². The van der Waals surface area contributed by atoms with Crippen LogP contribution in [0.15, 0.2) is 58.5 Å². The van der Waals surface area contributed by atoms with Crippen molar-refractivity contribution < 1.29 is 9.21 Å². The van der Waals surface area contributed by atoms with Crippen molar-refractivity contribution in [3.63, 3.8) is 0 Å². The molecule has 3 rings (SSSR count). The molecule has 19 heavy (non-hydrogen) atoms. The number of hydrogen-bond acceptors (Lipinski definition) is 4. The second-order valence-corrected chi connectivity index (χ2v) is 5.02. The number of hydrogen-bond donors (Lipinski definition) is 0. The van der Waals surface area contributed by atoms with Crippen molar-refractivity contribution in [3.05, 3.63) is 65.4 Å². The summed E-state index contributed by atoms with van der Waals surface area (Å²) in [7, 11) is 0. The first-order valence-electron chi connectivity index (χ1n) is 5.90. The molecule has 2 heterocycles. The first-order valence-corrected chi connectivity index (χ1v) is 6.78. The highest BCUT2D eigenvalue weighted by molar-refractivity contribution is 7.13. The van der Waals surface area contributed by atoms with Gasteiger partial charge in [-0.15, -0.1) is 11.3 Å². The number of oxazole rings is 1. The molecular formula is C15H11NO2S. The van der Waals surface area contributed by atoms with Crippen LogP contribution in [-0.4, -0.2) is 10.8 Å². The molecule has 94 valence electrons. The highest BCUT2D eigenvalue weighted by Crippen LogP contribution is 2.24. The number of aromatic nitrogens is 1. The monoisotopic (exact) mass is 269 g/mol. The molecular weight excluding hydrogens is 258 g/mol. The first-order chi connectivity index (χ1) is 9.33. The largest absolute Gasteiger partial charge is 0.440 e. The molecule has 0 unspecified atom stereocenters. The van der Waals surface area contributed by atoms with Crippen molar-refractivity contribution in [1.82, 2.24) is 4.98 Å². The maximum atomic E-state index is 12.0. The zero-order valence-electron chi connectivity index (χ0n) is 10.1. The van der Waals surface area contributed by atoms with Crippen LogP contribution < -0.4 is 0 Å². The van der Waals surface area contributed by atoms with E-state index in [2.05, 4.69) is 4.98 Å². The first kappa shape index (κ1) is 11.9. The quantitative estimate of drug-likeness (QED) is 0.676. The molecule has 0 radical (unpaired) electrons. The van der Waals surface area contributed by atoms with Gasteiger partial charge in [0.2, 0.25) is 5.89 Å². The van der Waals surface area contributed by atoms with Crippen LogP contribution in [0, 0.1) is 0 Å². The maximum absolute atomic E-state index is 12.0. The average Bonchev–Trinajstić information content (AvgIpc) is 3.10. The number of carbonyl (C=O) groups excluding carboxylic acids is 1. The van der Waals surface area contributed by atoms with Crippen LogP contribution in [-0.2, 0) is 6.42 Å². The predicted molar refractivity (Wildman–Crippen MR) is 74.3 cm³/mol. The molecule has 0 aliphatic rings. The fourth-order valence-electron chi connectivity index (χ4n) is 1.79. The third-order valence-electron chi connectivity index (χ3n) is 2.72. The zero-order valence-corrected chi connectivity index (χ0v) is 10.9. The number of benzene rings is 1. The molecule has 1 aromatic carbocycles. The highest BCUT2D eigenvalue weighted by Gasteiger charge is 2.12. The predicted octanol–water partition coefficient (Wildman–Crippen LogP) is 3.83. The lowest BCUT2D eigenvalue weighted by atomic mass is 10.1. The van der Waals surface area contributed by atoms with Crippen LogP contribution in [0.4, 0.5) is 0 Å². The van der Waals surface area contributed by atoms with Crippen LogP contribution in [0.2, 0.25) is 0 Å². The van der Waals surface area contributed by atoms with E-state index in [0.717, 1.165) is 4.88 Å². The molecule has 0 saturated heterocycles. The Balaban J connectivity index is 1.76. The van der Waals surface area contributed by atoms with Crippen molar-refractivity contribution in [2.24, 2.45) is 0 Å². The normalized spacial score (nSPS) is 10.5. The minimum absolute atomic E-state index is 0.0366. The van der Waals surface area contributed by atoms with Crippen LogP contribution in [0.3, 0.4) is 0 Å². The van der Waals surface area contributed by atoms with Crippen LogP contribution in [0.5, 0.6) is 0 Å². The van der Waals surface area contributed by atoms with Gasteiger partial charge in [-0.1, -0.05) is 36.4 Å². The second-order valence-electron chi connectivity index (χ2n) is 4.08. The van der Waals surface area contributed by atoms with E-state index in [-0.39, 0.29) is 12.2 Å². The minimum Gasteiger partial charge on any atom is -0.440 e. The molecule has 2 aromatic heterocycles. The van der Waals surface area contributed by atoms with E-state index in [1.54, 1.807) is 29.7 Å². The van der Waals surface area contributed by atoms with Gasteiger partial charge in [0.05, 0.1) is 17.5 Å². The fourth-order valence-corrected chi connectivity index (χ4v) is 2.44. The summed E-state index contributed by atoms with van der Waals surface area (Å²) in [5.41, 5.74) is 0.691. The molecule has 3 aromatic rings. The van der Waals surface area contributed by atoms with Crippen LogP contribution in [0.25, 0.3) is 10.8 Å². The Bertz CT molecular complexity index is 671. The molecule has 4 heteroatoms. The standard InChI is InChI=1S/C15H11NO2S/c17-13(11-5-2-1-3-6-11)9-12-10-16-15(18-12)14-7-4-8-19-14/h1-8,10H,9H2. The lowest BCUT2D eigenvalue weighted by Gasteiger charge is -1.97. The fraction of sp³-hybridized carbons (Fsp3) is 0.0667. The van der Waals surface area contributed by atoms with E-state index in [9.17, 15) is 4.79 Å². The molecule has 0 fully saturated rings. The Kier molecular flexibility index (Phi) is 3.25. The van der Waals surface area contributed by atoms with E-state index >= 15 is 0 Å². The van der Waals surface area contributed by atoms with Gasteiger partial charge in [0.25, 0.3) is 0 Å². The summed E-state index contributed by atoms with van der Waals surface area (Å²) in [6.45, 7) is 0. The third-order valence-corrected chi connectivity index (χ3v) is 3.57. The lowest BCUT2D eigenvalue weighted by Crippen LogP contribution is -2.02. The van der Waals surface area contributed by atoms with Gasteiger partial charge in [0.15, 0.2) is 5.78 Å². The maximum Gasteiger partial charge on any atom is 0.236 e. The summed E-state index contributed by atoms with van der Waals surface area (Å²) in [6.07, 6.45) is 1.86. The van der Waals surface area contributed by atoms with Gasteiger partial charge < -0.3 is 4.42 Å². The summed E-state index contributed by atoms with van der Waals surface area (Å²) in [6, 6.07) is 13.1. The summed E-state index contributed by atoms with van der Waals surface area (Å²) in [4.78, 5) is 17.2. The average molecular weight is 269 g/mol. The Morgan fingerprint density at radius 1 is 1.16 bits per heavy atom. The molecule has 0 N–H and O–H groups in total. The van der Waals surface area contributed by atoms with Gasteiger partial charge in [0, 0.05) is 5.56 Å². The number of thiophene rings is 1. The summed E-state index contributed by atoms with van der Waals surface area (Å²) in [5, 5.41) is 1.97.